The zero-order valence-corrected chi connectivity index (χ0v) is 12.0. The van der Waals surface area contributed by atoms with Crippen molar-refractivity contribution >= 4 is 34.5 Å². The van der Waals surface area contributed by atoms with Gasteiger partial charge in [0.15, 0.2) is 0 Å². The molecule has 0 spiro atoms. The number of thiocarbonyl (C=S) groups is 1. The summed E-state index contributed by atoms with van der Waals surface area (Å²) in [5.74, 6) is -0.401. The first-order chi connectivity index (χ1) is 7.93. The van der Waals surface area contributed by atoms with E-state index in [1.807, 2.05) is 18.4 Å². The second-order valence-electron chi connectivity index (χ2n) is 4.21. The largest absolute Gasteiger partial charge is 0.393 e. The van der Waals surface area contributed by atoms with Crippen molar-refractivity contribution in [3.05, 3.63) is 22.4 Å². The van der Waals surface area contributed by atoms with Gasteiger partial charge in [-0.05, 0) is 25.3 Å². The first-order valence-electron chi connectivity index (χ1n) is 5.51. The van der Waals surface area contributed by atoms with Crippen LogP contribution in [0.15, 0.2) is 17.5 Å². The highest BCUT2D eigenvalue weighted by atomic mass is 32.1. The van der Waals surface area contributed by atoms with Crippen LogP contribution < -0.4 is 5.73 Å². The van der Waals surface area contributed by atoms with Crippen molar-refractivity contribution in [2.75, 3.05) is 7.05 Å². The average Bonchev–Trinajstić information content (AvgIpc) is 2.78. The Morgan fingerprint density at radius 2 is 2.24 bits per heavy atom. The number of amides is 1. The maximum atomic E-state index is 12.0. The molecule has 1 aromatic heterocycles. The molecule has 5 heteroatoms. The Morgan fingerprint density at radius 1 is 1.59 bits per heavy atom. The van der Waals surface area contributed by atoms with Gasteiger partial charge in [0.2, 0.25) is 5.91 Å². The van der Waals surface area contributed by atoms with Gasteiger partial charge in [0.05, 0.1) is 10.9 Å². The van der Waals surface area contributed by atoms with Gasteiger partial charge in [-0.3, -0.25) is 4.79 Å². The van der Waals surface area contributed by atoms with Gasteiger partial charge in [-0.1, -0.05) is 18.3 Å². The number of thiophene rings is 1. The average molecular weight is 270 g/mol. The van der Waals surface area contributed by atoms with E-state index in [1.165, 1.54) is 4.88 Å². The van der Waals surface area contributed by atoms with Gasteiger partial charge in [0.1, 0.15) is 0 Å². The first-order valence-corrected chi connectivity index (χ1v) is 6.80. The van der Waals surface area contributed by atoms with Crippen LogP contribution in [0.4, 0.5) is 0 Å². The summed E-state index contributed by atoms with van der Waals surface area (Å²) < 4.78 is 0. The van der Waals surface area contributed by atoms with Crippen molar-refractivity contribution in [1.82, 2.24) is 4.90 Å². The second-order valence-corrected chi connectivity index (χ2v) is 5.71. The summed E-state index contributed by atoms with van der Waals surface area (Å²) in [6.45, 7) is 3.78. The van der Waals surface area contributed by atoms with Crippen molar-refractivity contribution in [3.8, 4) is 0 Å². The Bertz CT molecular complexity index is 389. The molecular weight excluding hydrogens is 252 g/mol. The Morgan fingerprint density at radius 3 is 2.71 bits per heavy atom. The number of hydrogen-bond donors (Lipinski definition) is 1. The molecule has 3 nitrogen and oxygen atoms in total. The van der Waals surface area contributed by atoms with Crippen molar-refractivity contribution in [2.24, 2.45) is 11.7 Å². The fourth-order valence-corrected chi connectivity index (χ4v) is 2.43. The molecule has 0 bridgehead atoms. The maximum Gasteiger partial charge on any atom is 0.232 e. The molecule has 1 rings (SSSR count). The molecule has 0 saturated heterocycles. The van der Waals surface area contributed by atoms with E-state index < -0.39 is 0 Å². The first kappa shape index (κ1) is 14.1. The van der Waals surface area contributed by atoms with E-state index in [4.69, 9.17) is 18.0 Å². The van der Waals surface area contributed by atoms with Crippen LogP contribution in [0.1, 0.15) is 18.7 Å². The molecule has 1 aromatic rings. The fourth-order valence-electron chi connectivity index (χ4n) is 1.50. The SMILES string of the molecule is CC(C(=O)N(C)C(C)Cc1cccs1)C(N)=S. The van der Waals surface area contributed by atoms with Crippen LogP contribution in [-0.2, 0) is 11.2 Å². The molecular formula is C12H18N2OS2. The van der Waals surface area contributed by atoms with Gasteiger partial charge in [-0.2, -0.15) is 0 Å². The number of carbonyl (C=O) groups excluding carboxylic acids is 1. The minimum Gasteiger partial charge on any atom is -0.393 e. The third-order valence-corrected chi connectivity index (χ3v) is 4.13. The van der Waals surface area contributed by atoms with Gasteiger partial charge in [0, 0.05) is 24.4 Å². The van der Waals surface area contributed by atoms with Gasteiger partial charge in [-0.15, -0.1) is 11.3 Å². The van der Waals surface area contributed by atoms with Crippen LogP contribution in [0, 0.1) is 5.92 Å². The topological polar surface area (TPSA) is 46.3 Å². The lowest BCUT2D eigenvalue weighted by Crippen LogP contribution is -2.42. The lowest BCUT2D eigenvalue weighted by Gasteiger charge is -2.27. The highest BCUT2D eigenvalue weighted by Gasteiger charge is 2.23. The van der Waals surface area contributed by atoms with E-state index in [9.17, 15) is 4.79 Å². The normalized spacial score (nSPS) is 14.1. The predicted octanol–water partition coefficient (Wildman–Crippen LogP) is 2.06. The van der Waals surface area contributed by atoms with E-state index in [0.717, 1.165) is 6.42 Å². The van der Waals surface area contributed by atoms with Gasteiger partial charge >= 0.3 is 0 Å². The monoisotopic (exact) mass is 270 g/mol. The van der Waals surface area contributed by atoms with Crippen LogP contribution in [0.5, 0.6) is 0 Å². The molecule has 0 aliphatic carbocycles. The summed E-state index contributed by atoms with van der Waals surface area (Å²) in [5.41, 5.74) is 5.50. The van der Waals surface area contributed by atoms with E-state index in [2.05, 4.69) is 6.07 Å². The van der Waals surface area contributed by atoms with E-state index in [0.29, 0.717) is 0 Å². The van der Waals surface area contributed by atoms with E-state index >= 15 is 0 Å². The second kappa shape index (κ2) is 6.12. The number of nitrogens with two attached hydrogens (primary N) is 1. The minimum atomic E-state index is -0.388. The molecule has 0 radical (unpaired) electrons. The molecule has 1 amide bonds. The minimum absolute atomic E-state index is 0.0124. The smallest absolute Gasteiger partial charge is 0.232 e. The fraction of sp³-hybridized carbons (Fsp3) is 0.500. The van der Waals surface area contributed by atoms with Crippen LogP contribution >= 0.6 is 23.6 Å². The van der Waals surface area contributed by atoms with Crippen molar-refractivity contribution in [1.29, 1.82) is 0 Å². The third-order valence-electron chi connectivity index (χ3n) is 2.88. The maximum absolute atomic E-state index is 12.0. The molecule has 0 aliphatic heterocycles. The zero-order chi connectivity index (χ0) is 13.0. The molecule has 2 atom stereocenters. The highest BCUT2D eigenvalue weighted by molar-refractivity contribution is 7.80. The van der Waals surface area contributed by atoms with Crippen LogP contribution in [0.25, 0.3) is 0 Å². The van der Waals surface area contributed by atoms with Crippen molar-refractivity contribution in [3.63, 3.8) is 0 Å². The number of nitrogens with zero attached hydrogens (tertiary/aromatic N) is 1. The lowest BCUT2D eigenvalue weighted by molar-refractivity contribution is -0.133. The summed E-state index contributed by atoms with van der Waals surface area (Å²) >= 11 is 6.56. The lowest BCUT2D eigenvalue weighted by atomic mass is 10.1. The van der Waals surface area contributed by atoms with Crippen molar-refractivity contribution < 1.29 is 4.79 Å². The summed E-state index contributed by atoms with van der Waals surface area (Å²) in [5, 5.41) is 2.04. The Balaban J connectivity index is 2.60. The molecule has 0 aromatic carbocycles. The Hall–Kier alpha value is -0.940. The molecule has 1 heterocycles. The number of carbonyl (C=O) groups is 1. The summed E-state index contributed by atoms with van der Waals surface area (Å²) in [6, 6.07) is 4.25. The Kier molecular flexibility index (Phi) is 5.08. The molecule has 0 saturated carbocycles. The van der Waals surface area contributed by atoms with Crippen molar-refractivity contribution in [2.45, 2.75) is 26.3 Å². The zero-order valence-electron chi connectivity index (χ0n) is 10.3. The molecule has 2 unspecified atom stereocenters. The molecule has 94 valence electrons. The standard InChI is InChI=1S/C12H18N2OS2/c1-8(7-10-5-4-6-17-10)14(3)12(15)9(2)11(13)16/h4-6,8-9H,7H2,1-3H3,(H2,13,16). The quantitative estimate of drug-likeness (QED) is 0.833. The molecule has 0 fully saturated rings. The van der Waals surface area contributed by atoms with Crippen LogP contribution in [0.2, 0.25) is 0 Å². The van der Waals surface area contributed by atoms with Gasteiger partial charge < -0.3 is 10.6 Å². The molecule has 17 heavy (non-hydrogen) atoms. The predicted molar refractivity (Wildman–Crippen MR) is 76.2 cm³/mol. The number of hydrogen-bond acceptors (Lipinski definition) is 3. The number of likely N-dealkylation sites (N-methyl/N-ethyl adjacent to an activating group) is 1. The van der Waals surface area contributed by atoms with E-state index in [-0.39, 0.29) is 22.9 Å². The summed E-state index contributed by atoms with van der Waals surface area (Å²) in [6.07, 6.45) is 0.865. The Labute approximate surface area is 112 Å². The highest BCUT2D eigenvalue weighted by Crippen LogP contribution is 2.15. The molecule has 2 N–H and O–H groups in total. The van der Waals surface area contributed by atoms with Gasteiger partial charge in [-0.25, -0.2) is 0 Å². The third kappa shape index (κ3) is 3.78. The number of rotatable bonds is 5. The molecule has 0 aliphatic rings. The van der Waals surface area contributed by atoms with E-state index in [1.54, 1.807) is 30.2 Å². The summed E-state index contributed by atoms with van der Waals surface area (Å²) in [7, 11) is 1.80. The van der Waals surface area contributed by atoms with Gasteiger partial charge in [0.25, 0.3) is 0 Å². The van der Waals surface area contributed by atoms with Crippen LogP contribution in [0.3, 0.4) is 0 Å². The van der Waals surface area contributed by atoms with Crippen LogP contribution in [-0.4, -0.2) is 28.9 Å². The summed E-state index contributed by atoms with van der Waals surface area (Å²) in [4.78, 5) is 15.3.